The minimum Gasteiger partial charge on any atom is -0.507 e. The van der Waals surface area contributed by atoms with Crippen molar-refractivity contribution < 1.29 is 19.8 Å². The number of carbonyl (C=O) groups excluding carboxylic acids is 2. The average molecular weight is 543 g/mol. The molecule has 0 saturated carbocycles. The van der Waals surface area contributed by atoms with Crippen LogP contribution in [0.4, 0.5) is 17.2 Å². The van der Waals surface area contributed by atoms with E-state index in [0.717, 1.165) is 5.56 Å². The molecule has 4 rings (SSSR count). The van der Waals surface area contributed by atoms with Crippen LogP contribution in [0.5, 0.6) is 5.75 Å². The number of phenols is 1. The molecule has 0 unspecified atom stereocenters. The molecule has 4 aromatic rings. The summed E-state index contributed by atoms with van der Waals surface area (Å²) in [5.41, 5.74) is 2.41. The van der Waals surface area contributed by atoms with Gasteiger partial charge in [-0.1, -0.05) is 39.0 Å². The fourth-order valence-corrected chi connectivity index (χ4v) is 3.80. The van der Waals surface area contributed by atoms with Gasteiger partial charge in [-0.3, -0.25) is 14.4 Å². The molecule has 11 heteroatoms. The number of aliphatic hydroxyl groups is 1. The van der Waals surface area contributed by atoms with Gasteiger partial charge >= 0.3 is 0 Å². The van der Waals surface area contributed by atoms with Crippen LogP contribution in [0.3, 0.4) is 0 Å². The van der Waals surface area contributed by atoms with E-state index in [9.17, 15) is 19.5 Å². The predicted octanol–water partition coefficient (Wildman–Crippen LogP) is 3.55. The van der Waals surface area contributed by atoms with E-state index in [4.69, 9.17) is 5.11 Å². The minimum absolute atomic E-state index is 0.105. The molecule has 0 fully saturated rings. The van der Waals surface area contributed by atoms with Gasteiger partial charge in [0, 0.05) is 24.0 Å². The summed E-state index contributed by atoms with van der Waals surface area (Å²) >= 11 is 0. The number of nitrogens with one attached hydrogen (secondary N) is 4. The lowest BCUT2D eigenvalue weighted by Gasteiger charge is -2.19. The molecule has 0 bridgehead atoms. The number of aromatic nitrogens is 3. The van der Waals surface area contributed by atoms with Gasteiger partial charge in [0.15, 0.2) is 0 Å². The summed E-state index contributed by atoms with van der Waals surface area (Å²) in [6, 6.07) is 16.5. The number of pyridine rings is 1. The Morgan fingerprint density at radius 3 is 2.48 bits per heavy atom. The third-order valence-electron chi connectivity index (χ3n) is 6.01. The predicted molar refractivity (Wildman–Crippen MR) is 152 cm³/mol. The first-order valence-corrected chi connectivity index (χ1v) is 12.5. The van der Waals surface area contributed by atoms with E-state index >= 15 is 0 Å². The smallest absolute Gasteiger partial charge is 0.287 e. The molecule has 2 amide bonds. The average Bonchev–Trinajstić information content (AvgIpc) is 2.93. The molecule has 6 N–H and O–H groups in total. The van der Waals surface area contributed by atoms with Crippen LogP contribution >= 0.6 is 0 Å². The standard InChI is InChI=1S/C29H30N6O5/c1-29(2,3)19-8-9-21(24(37)14-19)27(39)32-20-6-4-5-17(13-20)22-15-23(28(40)35-34-22)33-25-10-7-18(16-31-25)26(38)30-11-12-36/h4-10,13-16,36-37H,11-12H2,1-3H3,(H,30,38)(H,32,39)(H,35,40)(H,31,33,34). The van der Waals surface area contributed by atoms with Gasteiger partial charge in [-0.15, -0.1) is 0 Å². The van der Waals surface area contributed by atoms with Crippen LogP contribution in [0.1, 0.15) is 47.1 Å². The van der Waals surface area contributed by atoms with Crippen molar-refractivity contribution >= 4 is 29.0 Å². The fraction of sp³-hybridized carbons (Fsp3) is 0.207. The van der Waals surface area contributed by atoms with Gasteiger partial charge in [-0.05, 0) is 53.4 Å². The Hall–Kier alpha value is -5.03. The highest BCUT2D eigenvalue weighted by Crippen LogP contribution is 2.29. The van der Waals surface area contributed by atoms with E-state index in [1.165, 1.54) is 6.20 Å². The van der Waals surface area contributed by atoms with Gasteiger partial charge in [0.05, 0.1) is 23.4 Å². The van der Waals surface area contributed by atoms with E-state index < -0.39 is 11.5 Å². The Labute approximate surface area is 230 Å². The lowest BCUT2D eigenvalue weighted by Crippen LogP contribution is -2.26. The summed E-state index contributed by atoms with van der Waals surface area (Å²) in [4.78, 5) is 41.4. The van der Waals surface area contributed by atoms with E-state index in [1.807, 2.05) is 26.8 Å². The molecular formula is C29H30N6O5. The maximum absolute atomic E-state index is 12.9. The van der Waals surface area contributed by atoms with Crippen LogP contribution in [0.25, 0.3) is 11.3 Å². The van der Waals surface area contributed by atoms with Gasteiger partial charge in [-0.25, -0.2) is 10.1 Å². The third-order valence-corrected chi connectivity index (χ3v) is 6.01. The normalized spacial score (nSPS) is 11.1. The summed E-state index contributed by atoms with van der Waals surface area (Å²) in [6.45, 7) is 6.02. The third kappa shape index (κ3) is 6.69. The summed E-state index contributed by atoms with van der Waals surface area (Å²) in [6.07, 6.45) is 1.35. The summed E-state index contributed by atoms with van der Waals surface area (Å²) in [7, 11) is 0. The van der Waals surface area contributed by atoms with Gasteiger partial charge in [0.1, 0.15) is 17.3 Å². The maximum Gasteiger partial charge on any atom is 0.287 e. The number of phenolic OH excluding ortho intramolecular Hbond substituents is 1. The number of rotatable bonds is 8. The highest BCUT2D eigenvalue weighted by atomic mass is 16.3. The van der Waals surface area contributed by atoms with Gasteiger partial charge in [0.2, 0.25) is 0 Å². The molecule has 11 nitrogen and oxygen atoms in total. The minimum atomic E-state index is -0.478. The molecule has 0 spiro atoms. The van der Waals surface area contributed by atoms with E-state index in [0.29, 0.717) is 28.3 Å². The number of H-pyrrole nitrogens is 1. The Balaban J connectivity index is 1.50. The molecule has 2 aromatic carbocycles. The van der Waals surface area contributed by atoms with Crippen molar-refractivity contribution in [2.75, 3.05) is 23.8 Å². The Bertz CT molecular complexity index is 1590. The van der Waals surface area contributed by atoms with Crippen molar-refractivity contribution in [3.8, 4) is 17.0 Å². The van der Waals surface area contributed by atoms with Crippen molar-refractivity contribution in [1.82, 2.24) is 20.5 Å². The second-order valence-corrected chi connectivity index (χ2v) is 10.0. The van der Waals surface area contributed by atoms with Crippen LogP contribution in [-0.4, -0.2) is 50.4 Å². The van der Waals surface area contributed by atoms with Crippen molar-refractivity contribution in [2.24, 2.45) is 0 Å². The molecule has 0 atom stereocenters. The SMILES string of the molecule is CC(C)(C)c1ccc(C(=O)Nc2cccc(-c3cc(Nc4ccc(C(=O)NCCO)cn4)c(=O)[nH]n3)c2)c(O)c1. The molecule has 0 aliphatic rings. The maximum atomic E-state index is 12.9. The topological polar surface area (TPSA) is 169 Å². The van der Waals surface area contributed by atoms with Gasteiger partial charge in [-0.2, -0.15) is 5.10 Å². The number of hydrogen-bond acceptors (Lipinski definition) is 8. The lowest BCUT2D eigenvalue weighted by atomic mass is 9.86. The first kappa shape index (κ1) is 28.0. The van der Waals surface area contributed by atoms with E-state index in [-0.39, 0.29) is 41.5 Å². The molecule has 2 heterocycles. The first-order valence-electron chi connectivity index (χ1n) is 12.5. The molecule has 0 aliphatic carbocycles. The number of aliphatic hydroxyl groups excluding tert-OH is 1. The molecule has 0 aliphatic heterocycles. The second-order valence-electron chi connectivity index (χ2n) is 10.0. The van der Waals surface area contributed by atoms with Crippen molar-refractivity contribution in [1.29, 1.82) is 0 Å². The van der Waals surface area contributed by atoms with Crippen LogP contribution in [-0.2, 0) is 5.41 Å². The largest absolute Gasteiger partial charge is 0.507 e. The number of anilines is 3. The number of aromatic hydroxyl groups is 1. The van der Waals surface area contributed by atoms with Gasteiger partial charge < -0.3 is 26.2 Å². The van der Waals surface area contributed by atoms with Crippen LogP contribution in [0.15, 0.2) is 71.7 Å². The number of aromatic amines is 1. The van der Waals surface area contributed by atoms with Crippen LogP contribution < -0.4 is 21.5 Å². The zero-order valence-corrected chi connectivity index (χ0v) is 22.3. The zero-order chi connectivity index (χ0) is 28.9. The number of amides is 2. The molecule has 206 valence electrons. The summed E-state index contributed by atoms with van der Waals surface area (Å²) < 4.78 is 0. The highest BCUT2D eigenvalue weighted by molar-refractivity contribution is 6.06. The Morgan fingerprint density at radius 2 is 1.80 bits per heavy atom. The lowest BCUT2D eigenvalue weighted by molar-refractivity contribution is 0.0943. The first-order chi connectivity index (χ1) is 19.0. The molecule has 40 heavy (non-hydrogen) atoms. The van der Waals surface area contributed by atoms with Crippen LogP contribution in [0, 0.1) is 0 Å². The number of hydrogen-bond donors (Lipinski definition) is 6. The monoisotopic (exact) mass is 542 g/mol. The Morgan fingerprint density at radius 1 is 1.00 bits per heavy atom. The van der Waals surface area contributed by atoms with Crippen molar-refractivity contribution in [3.63, 3.8) is 0 Å². The molecule has 2 aromatic heterocycles. The quantitative estimate of drug-likeness (QED) is 0.196. The van der Waals surface area contributed by atoms with Crippen molar-refractivity contribution in [2.45, 2.75) is 26.2 Å². The number of benzene rings is 2. The number of carbonyl (C=O) groups is 2. The number of nitrogens with zero attached hydrogens (tertiary/aromatic N) is 2. The molecule has 0 radical (unpaired) electrons. The zero-order valence-electron chi connectivity index (χ0n) is 22.3. The van der Waals surface area contributed by atoms with Gasteiger partial charge in [0.25, 0.3) is 17.4 Å². The second kappa shape index (κ2) is 11.8. The Kier molecular flexibility index (Phi) is 8.25. The van der Waals surface area contributed by atoms with E-state index in [2.05, 4.69) is 31.1 Å². The molecular weight excluding hydrogens is 512 g/mol. The fourth-order valence-electron chi connectivity index (χ4n) is 3.80. The highest BCUT2D eigenvalue weighted by Gasteiger charge is 2.18. The van der Waals surface area contributed by atoms with Crippen molar-refractivity contribution in [3.05, 3.63) is 93.9 Å². The van der Waals surface area contributed by atoms with E-state index in [1.54, 1.807) is 54.6 Å². The van der Waals surface area contributed by atoms with Crippen LogP contribution in [0.2, 0.25) is 0 Å². The summed E-state index contributed by atoms with van der Waals surface area (Å²) in [5.74, 6) is -0.612. The molecule has 0 saturated heterocycles. The summed E-state index contributed by atoms with van der Waals surface area (Å²) in [5, 5.41) is 34.1.